The lowest BCUT2D eigenvalue weighted by Crippen LogP contribution is -2.19. The van der Waals surface area contributed by atoms with E-state index in [-0.39, 0.29) is 5.91 Å². The van der Waals surface area contributed by atoms with E-state index in [0.29, 0.717) is 11.3 Å². The van der Waals surface area contributed by atoms with Gasteiger partial charge in [-0.05, 0) is 37.6 Å². The molecule has 0 aliphatic heterocycles. The molecule has 2 rings (SSSR count). The molecule has 0 unspecified atom stereocenters. The van der Waals surface area contributed by atoms with Crippen LogP contribution in [0, 0.1) is 13.8 Å². The smallest absolute Gasteiger partial charge is 0.253 e. The Morgan fingerprint density at radius 1 is 1.41 bits per heavy atom. The molecule has 0 atom stereocenters. The Bertz CT molecular complexity index is 756. The number of nitrogens with zero attached hydrogens (tertiary/aromatic N) is 1. The minimum absolute atomic E-state index is 0.169. The summed E-state index contributed by atoms with van der Waals surface area (Å²) in [6, 6.07) is 3.71. The molecule has 2 aromatic rings. The number of H-pyrrole nitrogens is 1. The number of likely N-dealkylation sites (N-methyl/N-ethyl adjacent to an activating group) is 1. The van der Waals surface area contributed by atoms with Gasteiger partial charge in [0.25, 0.3) is 5.91 Å². The van der Waals surface area contributed by atoms with Gasteiger partial charge in [-0.3, -0.25) is 9.78 Å². The van der Waals surface area contributed by atoms with E-state index in [1.54, 1.807) is 19.2 Å². The second kappa shape index (κ2) is 6.30. The van der Waals surface area contributed by atoms with Crippen LogP contribution in [0.25, 0.3) is 16.8 Å². The molecule has 22 heavy (non-hydrogen) atoms. The van der Waals surface area contributed by atoms with Gasteiger partial charge in [-0.1, -0.05) is 12.7 Å². The topological polar surface area (TPSA) is 83.8 Å². The summed E-state index contributed by atoms with van der Waals surface area (Å²) in [7, 11) is 1.60. The van der Waals surface area contributed by atoms with Crippen LogP contribution in [-0.2, 0) is 4.79 Å². The molecule has 0 saturated heterocycles. The summed E-state index contributed by atoms with van der Waals surface area (Å²) in [5, 5.41) is 2.63. The van der Waals surface area contributed by atoms with Crippen molar-refractivity contribution in [2.45, 2.75) is 13.8 Å². The Balaban J connectivity index is 2.53. The van der Waals surface area contributed by atoms with E-state index in [0.717, 1.165) is 28.2 Å². The molecule has 5 heteroatoms. The van der Waals surface area contributed by atoms with Crippen LogP contribution in [-0.4, -0.2) is 22.9 Å². The Labute approximate surface area is 130 Å². The van der Waals surface area contributed by atoms with E-state index in [1.165, 1.54) is 0 Å². The molecule has 0 saturated carbocycles. The van der Waals surface area contributed by atoms with E-state index in [9.17, 15) is 4.79 Å². The first-order valence-corrected chi connectivity index (χ1v) is 6.96. The first-order chi connectivity index (χ1) is 10.5. The number of carbonyl (C=O) groups excluding carboxylic acids is 1. The number of aromatic amines is 1. The number of anilines is 1. The summed E-state index contributed by atoms with van der Waals surface area (Å²) < 4.78 is 0. The molecule has 1 amide bonds. The highest BCUT2D eigenvalue weighted by molar-refractivity contribution is 6.19. The molecule has 0 fully saturated rings. The fraction of sp³-hybridized carbons (Fsp3) is 0.176. The third-order valence-corrected chi connectivity index (χ3v) is 3.57. The van der Waals surface area contributed by atoms with Crippen LogP contribution in [0.5, 0.6) is 0 Å². The fourth-order valence-electron chi connectivity index (χ4n) is 2.29. The molecule has 4 N–H and O–H groups in total. The Morgan fingerprint density at radius 3 is 2.73 bits per heavy atom. The van der Waals surface area contributed by atoms with Crippen molar-refractivity contribution < 1.29 is 4.79 Å². The van der Waals surface area contributed by atoms with Crippen molar-refractivity contribution >= 4 is 17.2 Å². The summed E-state index contributed by atoms with van der Waals surface area (Å²) >= 11 is 0. The molecule has 0 spiro atoms. The quantitative estimate of drug-likeness (QED) is 0.599. The number of hydrogen-bond donors (Lipinski definition) is 3. The maximum atomic E-state index is 12.0. The number of nitrogen functional groups attached to an aromatic ring is 1. The second-order valence-electron chi connectivity index (χ2n) is 4.97. The minimum atomic E-state index is -0.169. The molecule has 5 nitrogen and oxygen atoms in total. The maximum absolute atomic E-state index is 12.0. The zero-order valence-electron chi connectivity index (χ0n) is 13.0. The van der Waals surface area contributed by atoms with Gasteiger partial charge in [-0.15, -0.1) is 0 Å². The Morgan fingerprint density at radius 2 is 2.14 bits per heavy atom. The molecule has 0 aliphatic carbocycles. The number of carbonyl (C=O) groups is 1. The van der Waals surface area contributed by atoms with Crippen LogP contribution < -0.4 is 11.1 Å². The van der Waals surface area contributed by atoms with E-state index in [2.05, 4.69) is 21.9 Å². The molecule has 0 radical (unpaired) electrons. The van der Waals surface area contributed by atoms with Crippen LogP contribution in [0.2, 0.25) is 0 Å². The minimum Gasteiger partial charge on any atom is -0.397 e. The van der Waals surface area contributed by atoms with Crippen molar-refractivity contribution in [1.29, 1.82) is 0 Å². The Kier molecular flexibility index (Phi) is 4.46. The van der Waals surface area contributed by atoms with Gasteiger partial charge in [0.05, 0.1) is 28.3 Å². The first-order valence-electron chi connectivity index (χ1n) is 6.96. The summed E-state index contributed by atoms with van der Waals surface area (Å²) in [6.45, 7) is 7.49. The van der Waals surface area contributed by atoms with E-state index in [1.807, 2.05) is 32.2 Å². The SMILES string of the molecule is C=C/C=C(/C(=O)NC)c1[nH]cc(-c2ccc(N)c(C)n2)c1C. The monoisotopic (exact) mass is 296 g/mol. The van der Waals surface area contributed by atoms with Crippen molar-refractivity contribution in [2.75, 3.05) is 12.8 Å². The number of nitrogens with two attached hydrogens (primary N) is 1. The number of aryl methyl sites for hydroxylation is 1. The Hall–Kier alpha value is -2.82. The molecular weight excluding hydrogens is 276 g/mol. The number of nitrogens with one attached hydrogen (secondary N) is 2. The third kappa shape index (κ3) is 2.79. The fourth-order valence-corrected chi connectivity index (χ4v) is 2.29. The predicted octanol–water partition coefficient (Wildman–Crippen LogP) is 2.59. The molecule has 0 aliphatic rings. The molecular formula is C17H20N4O. The normalized spacial score (nSPS) is 11.3. The van der Waals surface area contributed by atoms with Crippen LogP contribution in [0.4, 0.5) is 5.69 Å². The van der Waals surface area contributed by atoms with Crippen LogP contribution in [0.15, 0.2) is 37.1 Å². The maximum Gasteiger partial charge on any atom is 0.253 e. The highest BCUT2D eigenvalue weighted by Crippen LogP contribution is 2.29. The molecule has 0 bridgehead atoms. The molecule has 2 aromatic heterocycles. The second-order valence-corrected chi connectivity index (χ2v) is 4.97. The van der Waals surface area contributed by atoms with E-state index >= 15 is 0 Å². The van der Waals surface area contributed by atoms with Crippen molar-refractivity contribution in [2.24, 2.45) is 0 Å². The molecule has 0 aromatic carbocycles. The van der Waals surface area contributed by atoms with Gasteiger partial charge in [0.1, 0.15) is 0 Å². The van der Waals surface area contributed by atoms with Gasteiger partial charge in [0.15, 0.2) is 0 Å². The average Bonchev–Trinajstić information content (AvgIpc) is 2.88. The van der Waals surface area contributed by atoms with Crippen LogP contribution in [0.3, 0.4) is 0 Å². The third-order valence-electron chi connectivity index (χ3n) is 3.57. The number of pyridine rings is 1. The summed E-state index contributed by atoms with van der Waals surface area (Å²) in [5.41, 5.74) is 11.3. The van der Waals surface area contributed by atoms with Crippen LogP contribution in [0.1, 0.15) is 17.0 Å². The van der Waals surface area contributed by atoms with E-state index in [4.69, 9.17) is 5.73 Å². The highest BCUT2D eigenvalue weighted by atomic mass is 16.1. The highest BCUT2D eigenvalue weighted by Gasteiger charge is 2.17. The van der Waals surface area contributed by atoms with Gasteiger partial charge in [0, 0.05) is 18.8 Å². The van der Waals surface area contributed by atoms with Gasteiger partial charge >= 0.3 is 0 Å². The largest absolute Gasteiger partial charge is 0.397 e. The van der Waals surface area contributed by atoms with Crippen molar-refractivity contribution in [3.05, 3.63) is 54.0 Å². The number of amides is 1. The van der Waals surface area contributed by atoms with Gasteiger partial charge in [-0.25, -0.2) is 0 Å². The predicted molar refractivity (Wildman–Crippen MR) is 90.2 cm³/mol. The summed E-state index contributed by atoms with van der Waals surface area (Å²) in [6.07, 6.45) is 5.13. The average molecular weight is 296 g/mol. The van der Waals surface area contributed by atoms with Crippen molar-refractivity contribution in [3.63, 3.8) is 0 Å². The van der Waals surface area contributed by atoms with Gasteiger partial charge in [-0.2, -0.15) is 0 Å². The van der Waals surface area contributed by atoms with Crippen molar-refractivity contribution in [3.8, 4) is 11.3 Å². The lowest BCUT2D eigenvalue weighted by molar-refractivity contribution is -0.115. The van der Waals surface area contributed by atoms with E-state index < -0.39 is 0 Å². The van der Waals surface area contributed by atoms with Crippen LogP contribution >= 0.6 is 0 Å². The summed E-state index contributed by atoms with van der Waals surface area (Å²) in [5.74, 6) is -0.169. The van der Waals surface area contributed by atoms with Gasteiger partial charge in [0.2, 0.25) is 0 Å². The van der Waals surface area contributed by atoms with Crippen molar-refractivity contribution in [1.82, 2.24) is 15.3 Å². The zero-order chi connectivity index (χ0) is 16.3. The number of hydrogen-bond acceptors (Lipinski definition) is 3. The molecule has 114 valence electrons. The number of allylic oxidation sites excluding steroid dienone is 2. The number of rotatable bonds is 4. The lowest BCUT2D eigenvalue weighted by Gasteiger charge is -2.07. The number of aromatic nitrogens is 2. The molecule has 2 heterocycles. The standard InChI is InChI=1S/C17H20N4O/c1-5-6-12(17(22)19-4)16-10(2)13(9-20-16)15-8-7-14(18)11(3)21-15/h5-9,20H,1,18H2,2-4H3,(H,19,22)/b12-6+. The van der Waals surface area contributed by atoms with Gasteiger partial charge < -0.3 is 16.0 Å². The summed E-state index contributed by atoms with van der Waals surface area (Å²) in [4.78, 5) is 19.7. The first kappa shape index (κ1) is 15.6. The zero-order valence-corrected chi connectivity index (χ0v) is 13.0. The lowest BCUT2D eigenvalue weighted by atomic mass is 10.0.